The van der Waals surface area contributed by atoms with Gasteiger partial charge in [-0.3, -0.25) is 10.1 Å². The predicted molar refractivity (Wildman–Crippen MR) is 65.5 cm³/mol. The summed E-state index contributed by atoms with van der Waals surface area (Å²) in [4.78, 5) is 26.8. The molecule has 1 N–H and O–H groups in total. The Morgan fingerprint density at radius 1 is 1.68 bits per heavy atom. The fourth-order valence-electron chi connectivity index (χ4n) is 1.99. The highest BCUT2D eigenvalue weighted by atomic mass is 16.6. The van der Waals surface area contributed by atoms with Gasteiger partial charge in [-0.05, 0) is 6.42 Å². The van der Waals surface area contributed by atoms with Gasteiger partial charge in [0.15, 0.2) is 0 Å². The van der Waals surface area contributed by atoms with Crippen LogP contribution in [0.1, 0.15) is 16.8 Å². The molecule has 1 atom stereocenters. The van der Waals surface area contributed by atoms with Crippen LogP contribution in [0, 0.1) is 10.1 Å². The number of nitrogens with zero attached hydrogens (tertiary/aromatic N) is 3. The Balaban J connectivity index is 2.38. The molecule has 102 valence electrons. The predicted octanol–water partition coefficient (Wildman–Crippen LogP) is 0.913. The van der Waals surface area contributed by atoms with Crippen LogP contribution in [0.4, 0.5) is 11.5 Å². The number of likely N-dealkylation sites (N-methyl/N-ethyl adjacent to an activating group) is 1. The molecule has 0 bridgehead atoms. The molecule has 8 heteroatoms. The van der Waals surface area contributed by atoms with Crippen molar-refractivity contribution in [2.75, 3.05) is 25.2 Å². The van der Waals surface area contributed by atoms with E-state index in [-0.39, 0.29) is 23.1 Å². The Morgan fingerprint density at radius 2 is 2.42 bits per heavy atom. The van der Waals surface area contributed by atoms with Crippen molar-refractivity contribution in [1.29, 1.82) is 0 Å². The highest BCUT2D eigenvalue weighted by molar-refractivity contribution is 5.94. The zero-order valence-corrected chi connectivity index (χ0v) is 10.3. The van der Waals surface area contributed by atoms with Crippen LogP contribution < -0.4 is 4.90 Å². The minimum atomic E-state index is -1.24. The van der Waals surface area contributed by atoms with E-state index in [1.54, 1.807) is 11.9 Å². The molecular formula is C11H13N3O5. The molecule has 19 heavy (non-hydrogen) atoms. The summed E-state index contributed by atoms with van der Waals surface area (Å²) in [7, 11) is 1.71. The van der Waals surface area contributed by atoms with Crippen molar-refractivity contribution in [3.8, 4) is 0 Å². The first-order valence-electron chi connectivity index (χ1n) is 5.69. The van der Waals surface area contributed by atoms with Gasteiger partial charge in [0.1, 0.15) is 17.6 Å². The van der Waals surface area contributed by atoms with E-state index in [2.05, 4.69) is 4.98 Å². The number of aromatic carboxylic acids is 1. The van der Waals surface area contributed by atoms with Crippen LogP contribution in [0.25, 0.3) is 0 Å². The zero-order chi connectivity index (χ0) is 14.0. The SMILES string of the molecule is CN(c1ncc([N+](=O)[O-])cc1C(=O)O)C1CCOC1. The van der Waals surface area contributed by atoms with Gasteiger partial charge in [0.2, 0.25) is 0 Å². The van der Waals surface area contributed by atoms with E-state index in [0.717, 1.165) is 18.7 Å². The van der Waals surface area contributed by atoms with E-state index in [4.69, 9.17) is 9.84 Å². The molecule has 0 radical (unpaired) electrons. The van der Waals surface area contributed by atoms with E-state index in [1.807, 2.05) is 0 Å². The normalized spacial score (nSPS) is 18.3. The Morgan fingerprint density at radius 3 is 2.95 bits per heavy atom. The maximum absolute atomic E-state index is 11.2. The highest BCUT2D eigenvalue weighted by Crippen LogP contribution is 2.25. The van der Waals surface area contributed by atoms with Crippen LogP contribution in [0.5, 0.6) is 0 Å². The average Bonchev–Trinajstić information content (AvgIpc) is 2.90. The third-order valence-electron chi connectivity index (χ3n) is 3.08. The number of aromatic nitrogens is 1. The lowest BCUT2D eigenvalue weighted by Crippen LogP contribution is -2.33. The molecule has 1 aromatic rings. The van der Waals surface area contributed by atoms with E-state index in [9.17, 15) is 14.9 Å². The van der Waals surface area contributed by atoms with Crippen LogP contribution in [0.2, 0.25) is 0 Å². The van der Waals surface area contributed by atoms with Gasteiger partial charge in [-0.2, -0.15) is 0 Å². The molecule has 0 aliphatic carbocycles. The lowest BCUT2D eigenvalue weighted by molar-refractivity contribution is -0.385. The van der Waals surface area contributed by atoms with Gasteiger partial charge in [0.25, 0.3) is 5.69 Å². The van der Waals surface area contributed by atoms with Crippen LogP contribution >= 0.6 is 0 Å². The lowest BCUT2D eigenvalue weighted by Gasteiger charge is -2.25. The number of nitro groups is 1. The summed E-state index contributed by atoms with van der Waals surface area (Å²) < 4.78 is 5.24. The summed E-state index contributed by atoms with van der Waals surface area (Å²) in [5.74, 6) is -1.02. The summed E-state index contributed by atoms with van der Waals surface area (Å²) in [6.07, 6.45) is 1.84. The lowest BCUT2D eigenvalue weighted by atomic mass is 10.2. The minimum absolute atomic E-state index is 0.0343. The van der Waals surface area contributed by atoms with Gasteiger partial charge < -0.3 is 14.7 Å². The molecule has 1 aliphatic heterocycles. The summed E-state index contributed by atoms with van der Waals surface area (Å²) in [5, 5.41) is 19.8. The van der Waals surface area contributed by atoms with E-state index in [0.29, 0.717) is 13.2 Å². The number of carboxylic acids is 1. The highest BCUT2D eigenvalue weighted by Gasteiger charge is 2.26. The number of hydrogen-bond donors (Lipinski definition) is 1. The topological polar surface area (TPSA) is 106 Å². The molecule has 1 fully saturated rings. The number of rotatable bonds is 4. The molecule has 2 rings (SSSR count). The molecule has 0 spiro atoms. The summed E-state index contributed by atoms with van der Waals surface area (Å²) in [6, 6.07) is 1.06. The first-order valence-corrected chi connectivity index (χ1v) is 5.69. The number of pyridine rings is 1. The second-order valence-corrected chi connectivity index (χ2v) is 4.26. The second-order valence-electron chi connectivity index (χ2n) is 4.26. The fraction of sp³-hybridized carbons (Fsp3) is 0.455. The number of carboxylic acid groups (broad SMARTS) is 1. The van der Waals surface area contributed by atoms with Crippen molar-refractivity contribution in [3.05, 3.63) is 27.9 Å². The van der Waals surface area contributed by atoms with Gasteiger partial charge in [0.05, 0.1) is 17.6 Å². The first kappa shape index (κ1) is 13.2. The maximum atomic E-state index is 11.2. The minimum Gasteiger partial charge on any atom is -0.478 e. The smallest absolute Gasteiger partial charge is 0.339 e. The zero-order valence-electron chi connectivity index (χ0n) is 10.3. The largest absolute Gasteiger partial charge is 0.478 e. The standard InChI is InChI=1S/C11H13N3O5/c1-13(7-2-3-19-6-7)10-9(11(15)16)4-8(5-12-10)14(17)18/h4-5,7H,2-3,6H2,1H3,(H,15,16). The number of anilines is 1. The maximum Gasteiger partial charge on any atom is 0.339 e. The monoisotopic (exact) mass is 267 g/mol. The molecule has 1 aliphatic rings. The molecule has 8 nitrogen and oxygen atoms in total. The van der Waals surface area contributed by atoms with Crippen LogP contribution in [-0.4, -0.2) is 47.3 Å². The molecule has 0 amide bonds. The number of carbonyl (C=O) groups is 1. The van der Waals surface area contributed by atoms with Gasteiger partial charge in [-0.15, -0.1) is 0 Å². The van der Waals surface area contributed by atoms with Crippen LogP contribution in [-0.2, 0) is 4.74 Å². The van der Waals surface area contributed by atoms with Crippen molar-refractivity contribution in [3.63, 3.8) is 0 Å². The summed E-state index contributed by atoms with van der Waals surface area (Å²) in [5.41, 5.74) is -0.513. The molecule has 0 saturated carbocycles. The Bertz CT molecular complexity index is 513. The van der Waals surface area contributed by atoms with Crippen molar-refractivity contribution >= 4 is 17.5 Å². The molecule has 1 saturated heterocycles. The second kappa shape index (κ2) is 5.19. The Labute approximate surface area is 108 Å². The van der Waals surface area contributed by atoms with Crippen LogP contribution in [0.3, 0.4) is 0 Å². The Kier molecular flexibility index (Phi) is 3.61. The molecular weight excluding hydrogens is 254 g/mol. The van der Waals surface area contributed by atoms with Crippen molar-refractivity contribution < 1.29 is 19.6 Å². The third-order valence-corrected chi connectivity index (χ3v) is 3.08. The van der Waals surface area contributed by atoms with Gasteiger partial charge in [-0.1, -0.05) is 0 Å². The van der Waals surface area contributed by atoms with E-state index < -0.39 is 10.9 Å². The van der Waals surface area contributed by atoms with E-state index >= 15 is 0 Å². The summed E-state index contributed by atoms with van der Waals surface area (Å²) >= 11 is 0. The van der Waals surface area contributed by atoms with Crippen LogP contribution in [0.15, 0.2) is 12.3 Å². The Hall–Kier alpha value is -2.22. The van der Waals surface area contributed by atoms with Gasteiger partial charge >= 0.3 is 5.97 Å². The van der Waals surface area contributed by atoms with E-state index in [1.165, 1.54) is 0 Å². The third kappa shape index (κ3) is 2.63. The van der Waals surface area contributed by atoms with Crippen molar-refractivity contribution in [2.45, 2.75) is 12.5 Å². The van der Waals surface area contributed by atoms with Gasteiger partial charge in [-0.25, -0.2) is 9.78 Å². The molecule has 1 aromatic heterocycles. The average molecular weight is 267 g/mol. The van der Waals surface area contributed by atoms with Gasteiger partial charge in [0, 0.05) is 19.7 Å². The fourth-order valence-corrected chi connectivity index (χ4v) is 1.99. The van der Waals surface area contributed by atoms with Crippen molar-refractivity contribution in [2.24, 2.45) is 0 Å². The summed E-state index contributed by atoms with van der Waals surface area (Å²) in [6.45, 7) is 1.11. The quantitative estimate of drug-likeness (QED) is 0.638. The molecule has 2 heterocycles. The van der Waals surface area contributed by atoms with Crippen molar-refractivity contribution in [1.82, 2.24) is 4.98 Å². The number of hydrogen-bond acceptors (Lipinski definition) is 6. The molecule has 0 aromatic carbocycles. The number of ether oxygens (including phenoxy) is 1. The first-order chi connectivity index (χ1) is 9.00. The molecule has 1 unspecified atom stereocenters.